The number of alkyl halides is 3. The first-order valence-electron chi connectivity index (χ1n) is 12.2. The van der Waals surface area contributed by atoms with E-state index in [0.29, 0.717) is 49.2 Å². The molecule has 0 saturated carbocycles. The molecule has 0 aliphatic carbocycles. The summed E-state index contributed by atoms with van der Waals surface area (Å²) in [5, 5.41) is 7.10. The zero-order valence-corrected chi connectivity index (χ0v) is 21.6. The molecule has 0 bridgehead atoms. The Morgan fingerprint density at radius 2 is 2.08 bits per heavy atom. The predicted molar refractivity (Wildman–Crippen MR) is 137 cm³/mol. The standard InChI is InChI=1S/C26H23F3N6O3S/c1-15-4-3-7-31-23(15)21-11-18(33-38-21)20-14-39-24(32-20)16-5-8-34(9-6-16)22(36)13-35-12-17(26(27,28)29)10-19(30-2)25(35)37/h3-4,7,10,12,14,16,21H,5-6,8-9,11,13H2,1H3. The van der Waals surface area contributed by atoms with Gasteiger partial charge in [-0.05, 0) is 37.5 Å². The van der Waals surface area contributed by atoms with Crippen LogP contribution in [-0.2, 0) is 22.4 Å². The molecule has 2 aliphatic rings. The van der Waals surface area contributed by atoms with Gasteiger partial charge in [-0.25, -0.2) is 9.83 Å². The van der Waals surface area contributed by atoms with Crippen LogP contribution in [0.4, 0.5) is 18.9 Å². The lowest BCUT2D eigenvalue weighted by atomic mass is 9.97. The smallest absolute Gasteiger partial charge is 0.385 e. The van der Waals surface area contributed by atoms with Gasteiger partial charge in [-0.3, -0.25) is 14.6 Å². The molecular formula is C26H23F3N6O3S. The van der Waals surface area contributed by atoms with Gasteiger partial charge in [0.2, 0.25) is 5.91 Å². The van der Waals surface area contributed by atoms with Crippen LogP contribution < -0.4 is 5.56 Å². The molecule has 3 aromatic heterocycles. The molecule has 3 aromatic rings. The van der Waals surface area contributed by atoms with Crippen LogP contribution in [0, 0.1) is 13.5 Å². The lowest BCUT2D eigenvalue weighted by Gasteiger charge is -2.31. The zero-order valence-electron chi connectivity index (χ0n) is 20.8. The van der Waals surface area contributed by atoms with E-state index in [1.54, 1.807) is 6.20 Å². The van der Waals surface area contributed by atoms with Crippen LogP contribution in [-0.4, -0.2) is 44.1 Å². The molecule has 1 atom stereocenters. The topological polar surface area (TPSA) is 94.0 Å². The lowest BCUT2D eigenvalue weighted by Crippen LogP contribution is -2.41. The Hall–Kier alpha value is -4.05. The maximum absolute atomic E-state index is 13.2. The minimum Gasteiger partial charge on any atom is -0.385 e. The molecule has 1 unspecified atom stereocenters. The molecule has 1 fully saturated rings. The highest BCUT2D eigenvalue weighted by atomic mass is 32.1. The minimum absolute atomic E-state index is 0.120. The largest absolute Gasteiger partial charge is 0.416 e. The van der Waals surface area contributed by atoms with E-state index in [1.165, 1.54) is 16.2 Å². The van der Waals surface area contributed by atoms with Crippen LogP contribution in [0.2, 0.25) is 0 Å². The van der Waals surface area contributed by atoms with Gasteiger partial charge < -0.3 is 14.3 Å². The first-order valence-corrected chi connectivity index (χ1v) is 13.1. The number of likely N-dealkylation sites (tertiary alicyclic amines) is 1. The molecule has 0 aromatic carbocycles. The van der Waals surface area contributed by atoms with Gasteiger partial charge in [-0.1, -0.05) is 11.2 Å². The first kappa shape index (κ1) is 26.6. The van der Waals surface area contributed by atoms with Crippen molar-refractivity contribution >= 4 is 28.6 Å². The Balaban J connectivity index is 1.20. The molecule has 1 amide bonds. The summed E-state index contributed by atoms with van der Waals surface area (Å²) in [5.41, 5.74) is 0.656. The maximum atomic E-state index is 13.2. The molecule has 0 spiro atoms. The highest BCUT2D eigenvalue weighted by Gasteiger charge is 2.33. The summed E-state index contributed by atoms with van der Waals surface area (Å²) in [6, 6.07) is 4.36. The van der Waals surface area contributed by atoms with E-state index in [4.69, 9.17) is 16.4 Å². The third-order valence-electron chi connectivity index (χ3n) is 6.86. The number of hydrogen-bond acceptors (Lipinski definition) is 7. The van der Waals surface area contributed by atoms with Crippen molar-refractivity contribution in [1.29, 1.82) is 0 Å². The second-order valence-corrected chi connectivity index (χ2v) is 10.3. The average molecular weight is 557 g/mol. The molecule has 0 radical (unpaired) electrons. The number of carbonyl (C=O) groups is 1. The van der Waals surface area contributed by atoms with E-state index in [2.05, 4.69) is 15.0 Å². The SMILES string of the molecule is [C-]#[N+]c1cc(C(F)(F)F)cn(CC(=O)N2CCC(c3nc(C4=NOC(c5ncccc5C)C4)cs3)CC2)c1=O. The highest BCUT2D eigenvalue weighted by molar-refractivity contribution is 7.10. The van der Waals surface area contributed by atoms with Crippen LogP contribution in [0.25, 0.3) is 4.85 Å². The minimum atomic E-state index is -4.74. The monoisotopic (exact) mass is 556 g/mol. The molecule has 5 heterocycles. The van der Waals surface area contributed by atoms with Crippen molar-refractivity contribution in [3.05, 3.63) is 85.3 Å². The number of amides is 1. The molecule has 13 heteroatoms. The third-order valence-corrected chi connectivity index (χ3v) is 7.87. The molecule has 39 heavy (non-hydrogen) atoms. The van der Waals surface area contributed by atoms with Crippen molar-refractivity contribution in [1.82, 2.24) is 19.4 Å². The molecule has 2 aliphatic heterocycles. The molecule has 0 N–H and O–H groups in total. The normalized spacial score (nSPS) is 18.0. The second-order valence-electron chi connectivity index (χ2n) is 9.42. The van der Waals surface area contributed by atoms with E-state index in [-0.39, 0.29) is 12.0 Å². The Kier molecular flexibility index (Phi) is 7.22. The zero-order chi connectivity index (χ0) is 27.7. The van der Waals surface area contributed by atoms with E-state index in [0.717, 1.165) is 27.7 Å². The van der Waals surface area contributed by atoms with Crippen LogP contribution in [0.3, 0.4) is 0 Å². The van der Waals surface area contributed by atoms with Crippen molar-refractivity contribution in [2.75, 3.05) is 13.1 Å². The Morgan fingerprint density at radius 3 is 2.77 bits per heavy atom. The van der Waals surface area contributed by atoms with Crippen LogP contribution >= 0.6 is 11.3 Å². The van der Waals surface area contributed by atoms with Gasteiger partial charge >= 0.3 is 6.18 Å². The average Bonchev–Trinajstić information content (AvgIpc) is 3.60. The Bertz CT molecular complexity index is 1530. The third kappa shape index (κ3) is 5.56. The van der Waals surface area contributed by atoms with Crippen molar-refractivity contribution in [2.24, 2.45) is 5.16 Å². The maximum Gasteiger partial charge on any atom is 0.416 e. The summed E-state index contributed by atoms with van der Waals surface area (Å²) < 4.78 is 40.2. The summed E-state index contributed by atoms with van der Waals surface area (Å²) in [6.07, 6.45) is -0.853. The number of rotatable bonds is 5. The van der Waals surface area contributed by atoms with Crippen LogP contribution in [0.1, 0.15) is 58.8 Å². The fourth-order valence-corrected chi connectivity index (χ4v) is 5.71. The van der Waals surface area contributed by atoms with Gasteiger partial charge in [-0.15, -0.1) is 11.3 Å². The number of thiazole rings is 1. The van der Waals surface area contributed by atoms with Gasteiger partial charge in [0, 0.05) is 43.2 Å². The van der Waals surface area contributed by atoms with Gasteiger partial charge in [-0.2, -0.15) is 13.2 Å². The summed E-state index contributed by atoms with van der Waals surface area (Å²) in [5.74, 6) is -0.353. The fourth-order valence-electron chi connectivity index (χ4n) is 4.71. The first-order chi connectivity index (χ1) is 18.6. The number of halogens is 3. The summed E-state index contributed by atoms with van der Waals surface area (Å²) >= 11 is 1.52. The van der Waals surface area contributed by atoms with Crippen molar-refractivity contribution in [3.8, 4) is 0 Å². The summed E-state index contributed by atoms with van der Waals surface area (Å²) in [7, 11) is 0. The Morgan fingerprint density at radius 1 is 1.31 bits per heavy atom. The molecule has 5 rings (SSSR count). The van der Waals surface area contributed by atoms with E-state index >= 15 is 0 Å². The van der Waals surface area contributed by atoms with Crippen molar-refractivity contribution < 1.29 is 22.8 Å². The van der Waals surface area contributed by atoms with Crippen LogP contribution in [0.15, 0.2) is 45.9 Å². The van der Waals surface area contributed by atoms with Gasteiger partial charge in [0.25, 0.3) is 11.2 Å². The molecule has 202 valence electrons. The summed E-state index contributed by atoms with van der Waals surface area (Å²) in [4.78, 5) is 44.4. The predicted octanol–water partition coefficient (Wildman–Crippen LogP) is 4.85. The van der Waals surface area contributed by atoms with Crippen molar-refractivity contribution in [3.63, 3.8) is 0 Å². The number of pyridine rings is 2. The van der Waals surface area contributed by atoms with Crippen LogP contribution in [0.5, 0.6) is 0 Å². The number of oxime groups is 1. The molecular weight excluding hydrogens is 533 g/mol. The van der Waals surface area contributed by atoms with E-state index in [9.17, 15) is 22.8 Å². The quantitative estimate of drug-likeness (QED) is 0.419. The number of hydrogen-bond donors (Lipinski definition) is 0. The second kappa shape index (κ2) is 10.6. The number of piperidine rings is 1. The lowest BCUT2D eigenvalue weighted by molar-refractivity contribution is -0.138. The highest BCUT2D eigenvalue weighted by Crippen LogP contribution is 2.34. The van der Waals surface area contributed by atoms with E-state index in [1.807, 2.05) is 24.4 Å². The summed E-state index contributed by atoms with van der Waals surface area (Å²) in [6.45, 7) is 9.18. The Labute approximate surface area is 225 Å². The van der Waals surface area contributed by atoms with Gasteiger partial charge in [0.1, 0.15) is 12.3 Å². The number of carbonyl (C=O) groups excluding carboxylic acids is 1. The van der Waals surface area contributed by atoms with Gasteiger partial charge in [0.05, 0.1) is 28.5 Å². The molecule has 1 saturated heterocycles. The van der Waals surface area contributed by atoms with Gasteiger partial charge in [0.15, 0.2) is 6.10 Å². The fraction of sp³-hybridized carbons (Fsp3) is 0.385. The molecule has 9 nitrogen and oxygen atoms in total. The van der Waals surface area contributed by atoms with Crippen molar-refractivity contribution in [2.45, 2.75) is 50.9 Å². The number of aromatic nitrogens is 3. The van der Waals surface area contributed by atoms with E-state index < -0.39 is 35.4 Å². The number of nitrogens with zero attached hydrogens (tertiary/aromatic N) is 6. The number of aryl methyl sites for hydroxylation is 1.